The van der Waals surface area contributed by atoms with E-state index in [0.717, 1.165) is 47.7 Å². The number of benzene rings is 2. The second-order valence-corrected chi connectivity index (χ2v) is 10.6. The van der Waals surface area contributed by atoms with Gasteiger partial charge in [-0.25, -0.2) is 0 Å². The fourth-order valence-corrected chi connectivity index (χ4v) is 5.14. The van der Waals surface area contributed by atoms with E-state index in [9.17, 15) is 9.59 Å². The van der Waals surface area contributed by atoms with Gasteiger partial charge in [0.15, 0.2) is 0 Å². The van der Waals surface area contributed by atoms with E-state index in [1.807, 2.05) is 45.9 Å². The number of aromatic amines is 1. The fraction of sp³-hybridized carbons (Fsp3) is 0.387. The fourth-order valence-electron chi connectivity index (χ4n) is 5.14. The van der Waals surface area contributed by atoms with Gasteiger partial charge in [0.1, 0.15) is 0 Å². The maximum Gasteiger partial charge on any atom is 0.253 e. The lowest BCUT2D eigenvalue weighted by atomic mass is 9.96. The molecule has 0 radical (unpaired) electrons. The highest BCUT2D eigenvalue weighted by Gasteiger charge is 2.18. The van der Waals surface area contributed by atoms with Crippen molar-refractivity contribution in [2.24, 2.45) is 0 Å². The minimum Gasteiger partial charge on any atom is -0.382 e. The highest BCUT2D eigenvalue weighted by Crippen LogP contribution is 2.30. The van der Waals surface area contributed by atoms with E-state index >= 15 is 0 Å². The van der Waals surface area contributed by atoms with Crippen LogP contribution in [0.5, 0.6) is 0 Å². The normalized spacial score (nSPS) is 13.9. The van der Waals surface area contributed by atoms with Crippen LogP contribution in [0.3, 0.4) is 0 Å². The van der Waals surface area contributed by atoms with Crippen molar-refractivity contribution in [2.75, 3.05) is 18.4 Å². The van der Waals surface area contributed by atoms with Crippen LogP contribution in [0, 0.1) is 19.3 Å². The lowest BCUT2D eigenvalue weighted by Gasteiger charge is -2.26. The third-order valence-corrected chi connectivity index (χ3v) is 7.07. The summed E-state index contributed by atoms with van der Waals surface area (Å²) in [5.74, 6) is -0.321. The Labute approximate surface area is 225 Å². The lowest BCUT2D eigenvalue weighted by molar-refractivity contribution is 0.0950. The number of H-pyrrole nitrogens is 1. The van der Waals surface area contributed by atoms with Gasteiger partial charge < -0.3 is 21.0 Å². The van der Waals surface area contributed by atoms with Crippen molar-refractivity contribution < 1.29 is 4.79 Å². The maximum absolute atomic E-state index is 13.4. The number of nitrogens with zero attached hydrogens (tertiary/aromatic N) is 1. The number of anilines is 1. The minimum absolute atomic E-state index is 0.111. The van der Waals surface area contributed by atoms with Crippen LogP contribution in [0.2, 0.25) is 0 Å². The summed E-state index contributed by atoms with van der Waals surface area (Å²) in [6.07, 6.45) is 5.08. The van der Waals surface area contributed by atoms with Crippen molar-refractivity contribution in [3.63, 3.8) is 0 Å². The monoisotopic (exact) mass is 513 g/mol. The van der Waals surface area contributed by atoms with Crippen LogP contribution in [-0.2, 0) is 13.1 Å². The molecule has 0 unspecified atom stereocenters. The standard InChI is InChI=1S/C31H39N5O2/c1-20(2)34-29-16-25(24-10-8-23(9-11-24)19-36-12-6-5-7-13-36)15-26(27(29)17-32)30(37)33-18-28-21(3)14-22(4)35-31(28)38/h8-11,14-17,20,32,34H,5-7,12-13,18-19H2,1-4H3,(H,33,37)(H,35,38). The molecule has 4 rings (SSSR count). The van der Waals surface area contributed by atoms with E-state index in [4.69, 9.17) is 5.41 Å². The number of pyridine rings is 1. The van der Waals surface area contributed by atoms with Crippen molar-refractivity contribution in [2.45, 2.75) is 66.1 Å². The van der Waals surface area contributed by atoms with Crippen LogP contribution in [0.4, 0.5) is 5.69 Å². The predicted octanol–water partition coefficient (Wildman–Crippen LogP) is 5.39. The Hall–Kier alpha value is -3.71. The Morgan fingerprint density at radius 2 is 1.76 bits per heavy atom. The molecule has 7 nitrogen and oxygen atoms in total. The first-order valence-electron chi connectivity index (χ1n) is 13.5. The Kier molecular flexibility index (Phi) is 8.79. The smallest absolute Gasteiger partial charge is 0.253 e. The number of nitrogens with one attached hydrogen (secondary N) is 4. The van der Waals surface area contributed by atoms with Gasteiger partial charge in [-0.2, -0.15) is 0 Å². The number of aryl methyl sites for hydroxylation is 2. The molecular weight excluding hydrogens is 474 g/mol. The molecule has 1 amide bonds. The molecule has 1 aliphatic heterocycles. The van der Waals surface area contributed by atoms with Crippen molar-refractivity contribution >= 4 is 17.8 Å². The van der Waals surface area contributed by atoms with Gasteiger partial charge in [-0.15, -0.1) is 0 Å². The number of hydrogen-bond donors (Lipinski definition) is 4. The number of carbonyl (C=O) groups excluding carboxylic acids is 1. The summed E-state index contributed by atoms with van der Waals surface area (Å²) in [5.41, 5.74) is 6.80. The molecule has 1 fully saturated rings. The van der Waals surface area contributed by atoms with Gasteiger partial charge in [0.25, 0.3) is 11.5 Å². The zero-order chi connectivity index (χ0) is 27.2. The van der Waals surface area contributed by atoms with E-state index in [1.165, 1.54) is 31.0 Å². The molecule has 0 atom stereocenters. The highest BCUT2D eigenvalue weighted by atomic mass is 16.1. The van der Waals surface area contributed by atoms with Crippen LogP contribution >= 0.6 is 0 Å². The molecule has 0 saturated carbocycles. The molecule has 1 aliphatic rings. The first-order valence-corrected chi connectivity index (χ1v) is 13.5. The number of likely N-dealkylation sites (tertiary alicyclic amines) is 1. The van der Waals surface area contributed by atoms with Crippen molar-refractivity contribution in [3.05, 3.63) is 86.3 Å². The first-order chi connectivity index (χ1) is 18.2. The van der Waals surface area contributed by atoms with Gasteiger partial charge in [0.2, 0.25) is 0 Å². The maximum atomic E-state index is 13.4. The van der Waals surface area contributed by atoms with Crippen molar-refractivity contribution in [1.82, 2.24) is 15.2 Å². The number of piperidine rings is 1. The van der Waals surface area contributed by atoms with Crippen LogP contribution in [-0.4, -0.2) is 41.1 Å². The molecule has 0 bridgehead atoms. The van der Waals surface area contributed by atoms with Gasteiger partial charge in [0, 0.05) is 47.9 Å². The van der Waals surface area contributed by atoms with Crippen LogP contribution in [0.25, 0.3) is 11.1 Å². The largest absolute Gasteiger partial charge is 0.382 e. The van der Waals surface area contributed by atoms with Crippen molar-refractivity contribution in [3.8, 4) is 11.1 Å². The van der Waals surface area contributed by atoms with Gasteiger partial charge in [-0.05, 0) is 94.1 Å². The third-order valence-electron chi connectivity index (χ3n) is 7.07. The third kappa shape index (κ3) is 6.58. The molecule has 1 aromatic heterocycles. The van der Waals surface area contributed by atoms with Gasteiger partial charge >= 0.3 is 0 Å². The lowest BCUT2D eigenvalue weighted by Crippen LogP contribution is -2.29. The number of aromatic nitrogens is 1. The summed E-state index contributed by atoms with van der Waals surface area (Å²) >= 11 is 0. The molecule has 7 heteroatoms. The number of carbonyl (C=O) groups is 1. The Balaban J connectivity index is 1.63. The van der Waals surface area contributed by atoms with Gasteiger partial charge in [0.05, 0.1) is 5.56 Å². The van der Waals surface area contributed by atoms with Crippen LogP contribution in [0.1, 0.15) is 71.4 Å². The summed E-state index contributed by atoms with van der Waals surface area (Å²) in [6, 6.07) is 14.4. The molecular formula is C31H39N5O2. The Bertz CT molecular complexity index is 1350. The SMILES string of the molecule is Cc1cc(C)c(CNC(=O)c2cc(-c3ccc(CN4CCCCC4)cc3)cc(NC(C)C)c2C=N)c(=O)[nH]1. The molecule has 38 heavy (non-hydrogen) atoms. The molecule has 0 aliphatic carbocycles. The molecule has 4 N–H and O–H groups in total. The predicted molar refractivity (Wildman–Crippen MR) is 155 cm³/mol. The summed E-state index contributed by atoms with van der Waals surface area (Å²) in [4.78, 5) is 31.2. The van der Waals surface area contributed by atoms with Crippen molar-refractivity contribution in [1.29, 1.82) is 5.41 Å². The van der Waals surface area contributed by atoms with Crippen LogP contribution < -0.4 is 16.2 Å². The highest BCUT2D eigenvalue weighted by molar-refractivity contribution is 6.06. The van der Waals surface area contributed by atoms with Gasteiger partial charge in [-0.1, -0.05) is 30.7 Å². The van der Waals surface area contributed by atoms with E-state index < -0.39 is 0 Å². The van der Waals surface area contributed by atoms with E-state index in [1.54, 1.807) is 0 Å². The topological polar surface area (TPSA) is 101 Å². The Morgan fingerprint density at radius 1 is 1.05 bits per heavy atom. The molecule has 0 spiro atoms. The van der Waals surface area contributed by atoms with E-state index in [2.05, 4.69) is 44.8 Å². The number of amides is 1. The summed E-state index contributed by atoms with van der Waals surface area (Å²) in [7, 11) is 0. The van der Waals surface area contributed by atoms with Crippen LogP contribution in [0.15, 0.2) is 47.3 Å². The van der Waals surface area contributed by atoms with E-state index in [0.29, 0.717) is 16.7 Å². The molecule has 3 aromatic rings. The summed E-state index contributed by atoms with van der Waals surface area (Å²) in [6.45, 7) is 11.1. The summed E-state index contributed by atoms with van der Waals surface area (Å²) < 4.78 is 0. The van der Waals surface area contributed by atoms with Gasteiger partial charge in [-0.3, -0.25) is 14.5 Å². The average Bonchev–Trinajstić information content (AvgIpc) is 2.88. The zero-order valence-electron chi connectivity index (χ0n) is 22.9. The quantitative estimate of drug-likeness (QED) is 0.288. The minimum atomic E-state index is -0.321. The molecule has 2 heterocycles. The molecule has 2 aromatic carbocycles. The number of rotatable bonds is 9. The molecule has 200 valence electrons. The first kappa shape index (κ1) is 27.3. The second kappa shape index (κ2) is 12.2. The molecule has 1 saturated heterocycles. The van der Waals surface area contributed by atoms with E-state index in [-0.39, 0.29) is 24.1 Å². The Morgan fingerprint density at radius 3 is 2.39 bits per heavy atom. The number of hydrogen-bond acceptors (Lipinski definition) is 5. The second-order valence-electron chi connectivity index (χ2n) is 10.6. The summed E-state index contributed by atoms with van der Waals surface area (Å²) in [5, 5.41) is 14.4. The average molecular weight is 514 g/mol. The zero-order valence-corrected chi connectivity index (χ0v) is 22.9.